The molecule has 8 heteroatoms. The summed E-state index contributed by atoms with van der Waals surface area (Å²) >= 11 is 0. The molecule has 0 bridgehead atoms. The van der Waals surface area contributed by atoms with Crippen molar-refractivity contribution in [2.45, 2.75) is 46.6 Å². The lowest BCUT2D eigenvalue weighted by Gasteiger charge is -2.23. The zero-order chi connectivity index (χ0) is 22.6. The van der Waals surface area contributed by atoms with E-state index in [9.17, 15) is 22.0 Å². The molecule has 1 unspecified atom stereocenters. The quantitative estimate of drug-likeness (QED) is 0.668. The number of benzene rings is 2. The fraction of sp³-hybridized carbons (Fsp3) is 0.409. The number of rotatable bonds is 8. The normalized spacial score (nSPS) is 12.5. The Morgan fingerprint density at radius 2 is 1.67 bits per heavy atom. The minimum absolute atomic E-state index is 0.0195. The van der Waals surface area contributed by atoms with E-state index in [2.05, 4.69) is 17.4 Å². The van der Waals surface area contributed by atoms with Gasteiger partial charge in [0, 0.05) is 19.0 Å². The highest BCUT2D eigenvalue weighted by atomic mass is 32.2. The maximum atomic E-state index is 13.5. The third-order valence-corrected chi connectivity index (χ3v) is 6.28. The number of carbonyl (C=O) groups excluding carboxylic acids is 1. The van der Waals surface area contributed by atoms with Gasteiger partial charge in [-0.25, -0.2) is 17.2 Å². The summed E-state index contributed by atoms with van der Waals surface area (Å²) in [6, 6.07) is 6.87. The van der Waals surface area contributed by atoms with Crippen molar-refractivity contribution in [2.24, 2.45) is 0 Å². The van der Waals surface area contributed by atoms with Gasteiger partial charge in [-0.15, -0.1) is 0 Å². The van der Waals surface area contributed by atoms with Crippen molar-refractivity contribution in [3.8, 4) is 0 Å². The molecule has 0 saturated heterocycles. The summed E-state index contributed by atoms with van der Waals surface area (Å²) in [6.45, 7) is 7.93. The molecule has 0 spiro atoms. The minimum Gasteiger partial charge on any atom is -0.350 e. The van der Waals surface area contributed by atoms with E-state index < -0.39 is 21.7 Å². The second-order valence-corrected chi connectivity index (χ2v) is 9.53. The monoisotopic (exact) mass is 438 g/mol. The predicted molar refractivity (Wildman–Crippen MR) is 115 cm³/mol. The number of nitrogens with one attached hydrogen (secondary N) is 1. The van der Waals surface area contributed by atoms with Crippen molar-refractivity contribution >= 4 is 21.6 Å². The molecule has 0 radical (unpaired) electrons. The van der Waals surface area contributed by atoms with Gasteiger partial charge in [0.1, 0.15) is 0 Å². The van der Waals surface area contributed by atoms with Crippen molar-refractivity contribution in [2.75, 3.05) is 17.1 Å². The largest absolute Gasteiger partial charge is 0.350 e. The molecule has 2 rings (SSSR count). The molecule has 0 heterocycles. The average Bonchev–Trinajstić information content (AvgIpc) is 2.63. The zero-order valence-corrected chi connectivity index (χ0v) is 18.7. The molecule has 1 atom stereocenters. The Labute approximate surface area is 177 Å². The summed E-state index contributed by atoms with van der Waals surface area (Å²) in [5.74, 6) is -2.39. The van der Waals surface area contributed by atoms with Crippen LogP contribution >= 0.6 is 0 Å². The van der Waals surface area contributed by atoms with E-state index in [4.69, 9.17) is 0 Å². The molecule has 30 heavy (non-hydrogen) atoms. The number of halogens is 2. The number of carbonyl (C=O) groups is 1. The van der Waals surface area contributed by atoms with Gasteiger partial charge in [-0.1, -0.05) is 12.1 Å². The number of aryl methyl sites for hydroxylation is 3. The van der Waals surface area contributed by atoms with Gasteiger partial charge in [-0.2, -0.15) is 0 Å². The second-order valence-electron chi connectivity index (χ2n) is 7.62. The van der Waals surface area contributed by atoms with E-state index >= 15 is 0 Å². The Morgan fingerprint density at radius 3 is 2.27 bits per heavy atom. The van der Waals surface area contributed by atoms with Crippen LogP contribution in [0.1, 0.15) is 48.1 Å². The van der Waals surface area contributed by atoms with E-state index in [1.54, 1.807) is 0 Å². The third kappa shape index (κ3) is 6.01. The van der Waals surface area contributed by atoms with E-state index in [1.165, 1.54) is 11.6 Å². The second kappa shape index (κ2) is 9.55. The number of amides is 1. The van der Waals surface area contributed by atoms with Gasteiger partial charge in [0.15, 0.2) is 11.6 Å². The highest BCUT2D eigenvalue weighted by Crippen LogP contribution is 2.23. The average molecular weight is 439 g/mol. The number of anilines is 1. The van der Waals surface area contributed by atoms with Crippen LogP contribution in [0.2, 0.25) is 0 Å². The lowest BCUT2D eigenvalue weighted by atomic mass is 9.96. The number of nitrogens with zero attached hydrogens (tertiary/aromatic N) is 1. The van der Waals surface area contributed by atoms with Gasteiger partial charge < -0.3 is 5.32 Å². The first-order valence-electron chi connectivity index (χ1n) is 9.70. The number of hydrogen-bond acceptors (Lipinski definition) is 3. The molecule has 0 aliphatic rings. The number of hydrogen-bond donors (Lipinski definition) is 1. The van der Waals surface area contributed by atoms with Crippen LogP contribution in [0.4, 0.5) is 14.5 Å². The van der Waals surface area contributed by atoms with Crippen LogP contribution in [0, 0.1) is 32.4 Å². The van der Waals surface area contributed by atoms with Gasteiger partial charge in [0.2, 0.25) is 15.9 Å². The molecular weight excluding hydrogens is 410 g/mol. The Bertz CT molecular complexity index is 1040. The molecule has 1 amide bonds. The maximum absolute atomic E-state index is 13.5. The first kappa shape index (κ1) is 23.8. The Kier molecular flexibility index (Phi) is 7.58. The molecule has 1 N–H and O–H groups in total. The molecule has 0 aliphatic heterocycles. The van der Waals surface area contributed by atoms with Crippen molar-refractivity contribution in [1.82, 2.24) is 5.32 Å². The van der Waals surface area contributed by atoms with Crippen LogP contribution in [-0.2, 0) is 14.8 Å². The molecular formula is C22H28F2N2O3S. The van der Waals surface area contributed by atoms with Crippen LogP contribution in [0.5, 0.6) is 0 Å². The van der Waals surface area contributed by atoms with Crippen LogP contribution < -0.4 is 9.62 Å². The van der Waals surface area contributed by atoms with Crippen LogP contribution in [-0.4, -0.2) is 27.1 Å². The molecule has 0 fully saturated rings. The summed E-state index contributed by atoms with van der Waals surface area (Å²) in [5, 5.41) is 2.94. The first-order chi connectivity index (χ1) is 13.9. The lowest BCUT2D eigenvalue weighted by Crippen LogP contribution is -2.32. The molecule has 0 aromatic heterocycles. The predicted octanol–water partition coefficient (Wildman–Crippen LogP) is 4.31. The standard InChI is InChI=1S/C22H28F2N2O3S/c1-14-11-16(3)19(12-15(14)2)17(4)25-22(27)7-6-10-26(30(5,28)29)18-8-9-20(23)21(24)13-18/h8-9,11-13,17H,6-7,10H2,1-5H3,(H,25,27). The van der Waals surface area contributed by atoms with Gasteiger partial charge in [-0.05, 0) is 68.5 Å². The third-order valence-electron chi connectivity index (χ3n) is 5.08. The fourth-order valence-corrected chi connectivity index (χ4v) is 4.31. The summed E-state index contributed by atoms with van der Waals surface area (Å²) in [7, 11) is -3.71. The minimum atomic E-state index is -3.71. The van der Waals surface area contributed by atoms with Gasteiger partial charge >= 0.3 is 0 Å². The lowest BCUT2D eigenvalue weighted by molar-refractivity contribution is -0.121. The Morgan fingerprint density at radius 1 is 1.03 bits per heavy atom. The molecule has 164 valence electrons. The van der Waals surface area contributed by atoms with Crippen LogP contribution in [0.25, 0.3) is 0 Å². The summed E-state index contributed by atoms with van der Waals surface area (Å²) < 4.78 is 51.8. The van der Waals surface area contributed by atoms with Gasteiger partial charge in [0.05, 0.1) is 18.0 Å². The van der Waals surface area contributed by atoms with Crippen LogP contribution in [0.3, 0.4) is 0 Å². The highest BCUT2D eigenvalue weighted by Gasteiger charge is 2.20. The van der Waals surface area contributed by atoms with E-state index in [-0.39, 0.29) is 37.0 Å². The molecule has 0 aliphatic carbocycles. The fourth-order valence-electron chi connectivity index (χ4n) is 3.35. The van der Waals surface area contributed by atoms with Gasteiger partial charge in [-0.3, -0.25) is 9.10 Å². The van der Waals surface area contributed by atoms with Crippen molar-refractivity contribution in [3.05, 3.63) is 64.2 Å². The maximum Gasteiger partial charge on any atom is 0.232 e. The molecule has 2 aromatic rings. The smallest absolute Gasteiger partial charge is 0.232 e. The van der Waals surface area contributed by atoms with Crippen molar-refractivity contribution in [3.63, 3.8) is 0 Å². The van der Waals surface area contributed by atoms with Crippen molar-refractivity contribution < 1.29 is 22.0 Å². The molecule has 0 saturated carbocycles. The molecule has 2 aromatic carbocycles. The first-order valence-corrected chi connectivity index (χ1v) is 11.5. The SMILES string of the molecule is Cc1cc(C)c(C(C)NC(=O)CCCN(c2ccc(F)c(F)c2)S(C)(=O)=O)cc1C. The Balaban J connectivity index is 2.00. The van der Waals surface area contributed by atoms with Crippen molar-refractivity contribution in [1.29, 1.82) is 0 Å². The summed E-state index contributed by atoms with van der Waals surface area (Å²) in [6.07, 6.45) is 1.32. The van der Waals surface area contributed by atoms with E-state index in [1.807, 2.05) is 27.7 Å². The summed E-state index contributed by atoms with van der Waals surface area (Å²) in [5.41, 5.74) is 4.48. The van der Waals surface area contributed by atoms with E-state index in [0.717, 1.165) is 39.4 Å². The van der Waals surface area contributed by atoms with Crippen LogP contribution in [0.15, 0.2) is 30.3 Å². The molecule has 5 nitrogen and oxygen atoms in total. The highest BCUT2D eigenvalue weighted by molar-refractivity contribution is 7.92. The zero-order valence-electron chi connectivity index (χ0n) is 17.9. The van der Waals surface area contributed by atoms with Gasteiger partial charge in [0.25, 0.3) is 0 Å². The number of sulfonamides is 1. The Hall–Kier alpha value is -2.48. The topological polar surface area (TPSA) is 66.5 Å². The summed E-state index contributed by atoms with van der Waals surface area (Å²) in [4.78, 5) is 12.4. The van der Waals surface area contributed by atoms with E-state index in [0.29, 0.717) is 0 Å².